The van der Waals surface area contributed by atoms with Crippen molar-refractivity contribution >= 4 is 34.6 Å². The second-order valence-electron chi connectivity index (χ2n) is 9.85. The van der Waals surface area contributed by atoms with E-state index in [0.717, 1.165) is 16.5 Å². The maximum atomic E-state index is 13.5. The number of carbonyl (C=O) groups excluding carboxylic acids is 3. The number of H-pyrrole nitrogens is 1. The van der Waals surface area contributed by atoms with E-state index in [1.165, 1.54) is 12.1 Å². The number of phenols is 1. The molecule has 3 aromatic rings. The van der Waals surface area contributed by atoms with Gasteiger partial charge in [-0.25, -0.2) is 4.79 Å². The standard InChI is InChI=1S/C28H35N5O6/c1-16(2)11-24(28(38)39)33-26(36)22(12-17-7-9-19(34)10-8-17)32-27(37)23(31-25(35)14-29)13-18-15-30-21-6-4-3-5-20(18)21/h3-10,15-16,22-24,30,34H,11-14,29H2,1-2H3,(H,31,35)(H,32,37)(H,33,36)(H,38,39). The van der Waals surface area contributed by atoms with E-state index in [9.17, 15) is 29.4 Å². The minimum Gasteiger partial charge on any atom is -0.508 e. The van der Waals surface area contributed by atoms with Gasteiger partial charge in [0.2, 0.25) is 17.7 Å². The van der Waals surface area contributed by atoms with E-state index >= 15 is 0 Å². The second kappa shape index (κ2) is 13.4. The largest absolute Gasteiger partial charge is 0.508 e. The number of carbonyl (C=O) groups is 4. The maximum Gasteiger partial charge on any atom is 0.326 e. The molecule has 0 saturated heterocycles. The van der Waals surface area contributed by atoms with E-state index in [1.54, 1.807) is 18.3 Å². The van der Waals surface area contributed by atoms with Gasteiger partial charge in [0.05, 0.1) is 6.54 Å². The number of hydrogen-bond donors (Lipinski definition) is 7. The number of carboxylic acid groups (broad SMARTS) is 1. The van der Waals surface area contributed by atoms with Crippen LogP contribution in [0.15, 0.2) is 54.7 Å². The Bertz CT molecular complexity index is 1300. The molecular weight excluding hydrogens is 502 g/mol. The van der Waals surface area contributed by atoms with Crippen molar-refractivity contribution in [3.8, 4) is 5.75 Å². The van der Waals surface area contributed by atoms with Gasteiger partial charge >= 0.3 is 5.97 Å². The quantitative estimate of drug-likeness (QED) is 0.171. The predicted octanol–water partition coefficient (Wildman–Crippen LogP) is 1.20. The highest BCUT2D eigenvalue weighted by molar-refractivity contribution is 5.94. The van der Waals surface area contributed by atoms with Crippen molar-refractivity contribution < 1.29 is 29.4 Å². The highest BCUT2D eigenvalue weighted by Crippen LogP contribution is 2.19. The first kappa shape index (κ1) is 29.2. The summed E-state index contributed by atoms with van der Waals surface area (Å²) in [5.41, 5.74) is 7.76. The smallest absolute Gasteiger partial charge is 0.326 e. The van der Waals surface area contributed by atoms with Gasteiger partial charge in [-0.15, -0.1) is 0 Å². The fraction of sp³-hybridized carbons (Fsp3) is 0.357. The third kappa shape index (κ3) is 8.30. The minimum absolute atomic E-state index is 0.00330. The first-order valence-corrected chi connectivity index (χ1v) is 12.7. The molecule has 39 heavy (non-hydrogen) atoms. The van der Waals surface area contributed by atoms with Crippen molar-refractivity contribution in [2.24, 2.45) is 11.7 Å². The van der Waals surface area contributed by atoms with Crippen LogP contribution in [0.4, 0.5) is 0 Å². The second-order valence-corrected chi connectivity index (χ2v) is 9.85. The van der Waals surface area contributed by atoms with Gasteiger partial charge in [-0.2, -0.15) is 0 Å². The van der Waals surface area contributed by atoms with Gasteiger partial charge in [0, 0.05) is 29.9 Å². The van der Waals surface area contributed by atoms with E-state index in [4.69, 9.17) is 5.73 Å². The molecule has 3 rings (SSSR count). The van der Waals surface area contributed by atoms with Crippen molar-refractivity contribution in [2.45, 2.75) is 51.2 Å². The number of benzene rings is 2. The van der Waals surface area contributed by atoms with Crippen LogP contribution in [0.2, 0.25) is 0 Å². The zero-order valence-electron chi connectivity index (χ0n) is 21.9. The Morgan fingerprint density at radius 1 is 0.872 bits per heavy atom. The summed E-state index contributed by atoms with van der Waals surface area (Å²) < 4.78 is 0. The first-order chi connectivity index (χ1) is 18.6. The molecule has 3 amide bonds. The van der Waals surface area contributed by atoms with E-state index in [0.29, 0.717) is 5.56 Å². The number of carboxylic acids is 1. The van der Waals surface area contributed by atoms with Crippen molar-refractivity contribution in [2.75, 3.05) is 6.54 Å². The van der Waals surface area contributed by atoms with Crippen molar-refractivity contribution in [1.82, 2.24) is 20.9 Å². The summed E-state index contributed by atoms with van der Waals surface area (Å²) in [5, 5.41) is 28.0. The molecule has 3 unspecified atom stereocenters. The molecule has 8 N–H and O–H groups in total. The molecule has 208 valence electrons. The molecule has 0 radical (unpaired) electrons. The molecule has 0 aliphatic heterocycles. The molecule has 1 heterocycles. The Hall–Kier alpha value is -4.38. The molecule has 2 aromatic carbocycles. The van der Waals surface area contributed by atoms with E-state index < -0.39 is 41.8 Å². The maximum absolute atomic E-state index is 13.5. The Balaban J connectivity index is 1.86. The van der Waals surface area contributed by atoms with Gasteiger partial charge in [0.25, 0.3) is 0 Å². The lowest BCUT2D eigenvalue weighted by atomic mass is 10.0. The summed E-state index contributed by atoms with van der Waals surface area (Å²) in [7, 11) is 0. The molecule has 0 bridgehead atoms. The molecular formula is C28H35N5O6. The third-order valence-electron chi connectivity index (χ3n) is 6.27. The summed E-state index contributed by atoms with van der Waals surface area (Å²) in [5.74, 6) is -2.99. The molecule has 0 aliphatic carbocycles. The Morgan fingerprint density at radius 3 is 2.10 bits per heavy atom. The van der Waals surface area contributed by atoms with Gasteiger partial charge in [0.1, 0.15) is 23.9 Å². The van der Waals surface area contributed by atoms with Crippen molar-refractivity contribution in [3.05, 3.63) is 65.9 Å². The monoisotopic (exact) mass is 537 g/mol. The van der Waals surface area contributed by atoms with Gasteiger partial charge in [-0.3, -0.25) is 14.4 Å². The molecule has 0 fully saturated rings. The summed E-state index contributed by atoms with van der Waals surface area (Å²) in [4.78, 5) is 53.9. The van der Waals surface area contributed by atoms with E-state index in [2.05, 4.69) is 20.9 Å². The van der Waals surface area contributed by atoms with Crippen LogP contribution in [-0.2, 0) is 32.0 Å². The summed E-state index contributed by atoms with van der Waals surface area (Å²) in [6, 6.07) is 10.3. The van der Waals surface area contributed by atoms with E-state index in [-0.39, 0.29) is 37.5 Å². The Morgan fingerprint density at radius 2 is 1.49 bits per heavy atom. The van der Waals surface area contributed by atoms with Crippen LogP contribution in [0.1, 0.15) is 31.4 Å². The van der Waals surface area contributed by atoms with Gasteiger partial charge in [-0.1, -0.05) is 44.2 Å². The molecule has 0 aliphatic rings. The van der Waals surface area contributed by atoms with Crippen LogP contribution >= 0.6 is 0 Å². The number of amides is 3. The van der Waals surface area contributed by atoms with Crippen LogP contribution in [0.3, 0.4) is 0 Å². The highest BCUT2D eigenvalue weighted by atomic mass is 16.4. The first-order valence-electron chi connectivity index (χ1n) is 12.7. The highest BCUT2D eigenvalue weighted by Gasteiger charge is 2.30. The van der Waals surface area contributed by atoms with Crippen molar-refractivity contribution in [3.63, 3.8) is 0 Å². The van der Waals surface area contributed by atoms with Gasteiger partial charge in [-0.05, 0) is 41.7 Å². The topological polar surface area (TPSA) is 187 Å². The Labute approximate surface area is 226 Å². The number of aromatic nitrogens is 1. The van der Waals surface area contributed by atoms with Crippen LogP contribution in [0.5, 0.6) is 5.75 Å². The van der Waals surface area contributed by atoms with Crippen LogP contribution in [0.25, 0.3) is 10.9 Å². The summed E-state index contributed by atoms with van der Waals surface area (Å²) >= 11 is 0. The average Bonchev–Trinajstić information content (AvgIpc) is 3.31. The molecule has 0 spiro atoms. The molecule has 1 aromatic heterocycles. The van der Waals surface area contributed by atoms with Crippen LogP contribution in [-0.4, -0.2) is 63.6 Å². The predicted molar refractivity (Wildman–Crippen MR) is 146 cm³/mol. The lowest BCUT2D eigenvalue weighted by molar-refractivity contribution is -0.142. The van der Waals surface area contributed by atoms with Crippen LogP contribution < -0.4 is 21.7 Å². The van der Waals surface area contributed by atoms with Gasteiger partial charge in [0.15, 0.2) is 0 Å². The number of fused-ring (bicyclic) bond motifs is 1. The fourth-order valence-corrected chi connectivity index (χ4v) is 4.30. The molecule has 11 heteroatoms. The number of rotatable bonds is 13. The number of nitrogens with two attached hydrogens (primary N) is 1. The molecule has 11 nitrogen and oxygen atoms in total. The SMILES string of the molecule is CC(C)CC(NC(=O)C(Cc1ccc(O)cc1)NC(=O)C(Cc1c[nH]c2ccccc12)NC(=O)CN)C(=O)O. The molecule has 3 atom stereocenters. The molecule has 0 saturated carbocycles. The fourth-order valence-electron chi connectivity index (χ4n) is 4.30. The number of nitrogens with one attached hydrogen (secondary N) is 4. The zero-order valence-corrected chi connectivity index (χ0v) is 21.9. The lowest BCUT2D eigenvalue weighted by Gasteiger charge is -2.25. The normalized spacial score (nSPS) is 13.4. The number of aliphatic carboxylic acids is 1. The number of para-hydroxylation sites is 1. The number of phenolic OH excluding ortho intramolecular Hbond substituents is 1. The number of hydrogen-bond acceptors (Lipinski definition) is 6. The summed E-state index contributed by atoms with van der Waals surface area (Å²) in [6.45, 7) is 3.35. The zero-order chi connectivity index (χ0) is 28.5. The third-order valence-corrected chi connectivity index (χ3v) is 6.27. The Kier molecular flexibility index (Phi) is 10.0. The lowest BCUT2D eigenvalue weighted by Crippen LogP contribution is -2.57. The summed E-state index contributed by atoms with van der Waals surface area (Å²) in [6.07, 6.45) is 2.11. The van der Waals surface area contributed by atoms with E-state index in [1.807, 2.05) is 38.1 Å². The number of aromatic hydroxyl groups is 1. The van der Waals surface area contributed by atoms with Crippen LogP contribution in [0, 0.1) is 5.92 Å². The van der Waals surface area contributed by atoms with Crippen molar-refractivity contribution in [1.29, 1.82) is 0 Å². The number of aromatic amines is 1. The van der Waals surface area contributed by atoms with Gasteiger partial charge < -0.3 is 36.9 Å². The average molecular weight is 538 g/mol. The minimum atomic E-state index is -1.18.